The van der Waals surface area contributed by atoms with Gasteiger partial charge in [-0.25, -0.2) is 0 Å². The van der Waals surface area contributed by atoms with E-state index in [-0.39, 0.29) is 13.6 Å². The molecule has 1 aliphatic rings. The number of para-hydroxylation sites is 1. The zero-order valence-corrected chi connectivity index (χ0v) is 9.51. The van der Waals surface area contributed by atoms with Crippen molar-refractivity contribution in [2.75, 3.05) is 0 Å². The quantitative estimate of drug-likeness (QED) is 0.663. The summed E-state index contributed by atoms with van der Waals surface area (Å²) in [5.41, 5.74) is 1.09. The molecule has 3 rings (SSSR count). The molecule has 0 unspecified atom stereocenters. The van der Waals surface area contributed by atoms with Crippen molar-refractivity contribution in [3.8, 4) is 0 Å². The van der Waals surface area contributed by atoms with Gasteiger partial charge in [0.05, 0.1) is 11.7 Å². The van der Waals surface area contributed by atoms with E-state index in [9.17, 15) is 0 Å². The fraction of sp³-hybridized carbons (Fsp3) is 0.0714. The van der Waals surface area contributed by atoms with Crippen LogP contribution in [0.15, 0.2) is 67.2 Å². The van der Waals surface area contributed by atoms with Gasteiger partial charge >= 0.3 is 0 Å². The molecule has 1 aliphatic heterocycles. The van der Waals surface area contributed by atoms with Crippen LogP contribution in [0.25, 0.3) is 10.9 Å². The molecule has 4 heteroatoms. The summed E-state index contributed by atoms with van der Waals surface area (Å²) in [7, 11) is 0. The van der Waals surface area contributed by atoms with Crippen molar-refractivity contribution >= 4 is 10.9 Å². The fourth-order valence-electron chi connectivity index (χ4n) is 1.29. The molecule has 0 atom stereocenters. The molecule has 5 N–H and O–H groups in total. The first kappa shape index (κ1) is 15.7. The molecule has 2 aromatic rings. The Kier molecular flexibility index (Phi) is 7.64. The number of nitrogens with one attached hydrogen (secondary N) is 2. The third-order valence-electron chi connectivity index (χ3n) is 2.07. The summed E-state index contributed by atoms with van der Waals surface area (Å²) in [4.78, 5) is 0. The summed E-state index contributed by atoms with van der Waals surface area (Å²) in [5, 5.41) is 10.8. The van der Waals surface area contributed by atoms with Gasteiger partial charge in [-0.3, -0.25) is 5.10 Å². The topological polar surface area (TPSA) is 75.7 Å². The molecule has 0 bridgehead atoms. The first-order valence-corrected chi connectivity index (χ1v) is 5.09. The van der Waals surface area contributed by atoms with Gasteiger partial charge < -0.3 is 11.5 Å². The number of rotatable bonds is 0. The van der Waals surface area contributed by atoms with Crippen molar-refractivity contribution in [3.63, 3.8) is 0 Å². The lowest BCUT2D eigenvalue weighted by molar-refractivity contribution is 1.12. The van der Waals surface area contributed by atoms with Gasteiger partial charge in [0, 0.05) is 17.8 Å². The summed E-state index contributed by atoms with van der Waals surface area (Å²) < 4.78 is 0. The number of benzene rings is 1. The van der Waals surface area contributed by atoms with E-state index >= 15 is 0 Å². The Bertz CT molecular complexity index is 479. The number of fused-ring (bicyclic) bond motifs is 1. The highest BCUT2D eigenvalue weighted by Crippen LogP contribution is 2.06. The molecule has 1 aromatic heterocycles. The lowest BCUT2D eigenvalue weighted by atomic mass is 10.3. The number of hydrogen-bond acceptors (Lipinski definition) is 3. The lowest BCUT2D eigenvalue weighted by Gasteiger charge is -1.81. The van der Waals surface area contributed by atoms with Crippen LogP contribution < -0.4 is 11.5 Å². The third kappa shape index (κ3) is 4.67. The molecule has 0 saturated carbocycles. The second kappa shape index (κ2) is 8.78. The van der Waals surface area contributed by atoms with E-state index < -0.39 is 0 Å². The van der Waals surface area contributed by atoms with Crippen LogP contribution in [0.5, 0.6) is 0 Å². The minimum absolute atomic E-state index is 0. The third-order valence-corrected chi connectivity index (χ3v) is 2.07. The average molecular weight is 244 g/mol. The minimum atomic E-state index is 0. The number of nitrogens with zero attached hydrogens (tertiary/aromatic N) is 1. The molecular weight excluding hydrogens is 224 g/mol. The Morgan fingerprint density at radius 3 is 2.22 bits per heavy atom. The van der Waals surface area contributed by atoms with E-state index in [0.29, 0.717) is 0 Å². The smallest absolute Gasteiger partial charge is 0.0650 e. The molecule has 0 fully saturated rings. The van der Waals surface area contributed by atoms with E-state index in [1.807, 2.05) is 67.2 Å². The Labute approximate surface area is 108 Å². The van der Waals surface area contributed by atoms with E-state index in [2.05, 4.69) is 15.5 Å². The van der Waals surface area contributed by atoms with Crippen LogP contribution in [0.1, 0.15) is 7.43 Å². The maximum absolute atomic E-state index is 3.88. The van der Waals surface area contributed by atoms with Crippen molar-refractivity contribution in [2.45, 2.75) is 7.43 Å². The van der Waals surface area contributed by atoms with Crippen LogP contribution in [0, 0.1) is 0 Å². The second-order valence-corrected chi connectivity index (χ2v) is 3.23. The molecule has 0 amide bonds. The standard InChI is InChI=1S/C7H6N2.C6H7N.CH4.H3N/c1-2-4-7-6(3-1)5-8-9-7;1-2-4-6-7-5-3-1;;/h1-5H,(H,8,9);1-7H;1H4;1H3. The van der Waals surface area contributed by atoms with Crippen LogP contribution in [0.2, 0.25) is 0 Å². The van der Waals surface area contributed by atoms with Gasteiger partial charge in [-0.15, -0.1) is 0 Å². The van der Waals surface area contributed by atoms with E-state index in [1.54, 1.807) is 0 Å². The Balaban J connectivity index is 0.000000297. The number of H-pyrrole nitrogens is 1. The number of hydrogen-bond donors (Lipinski definition) is 3. The van der Waals surface area contributed by atoms with Crippen molar-refractivity contribution in [1.29, 1.82) is 0 Å². The Morgan fingerprint density at radius 2 is 1.56 bits per heavy atom. The highest BCUT2D eigenvalue weighted by Gasteiger charge is 1.88. The number of aromatic nitrogens is 2. The first-order chi connectivity index (χ1) is 7.97. The summed E-state index contributed by atoms with van der Waals surface area (Å²) in [6.07, 6.45) is 13.4. The zero-order chi connectivity index (χ0) is 11.1. The van der Waals surface area contributed by atoms with Crippen molar-refractivity contribution < 1.29 is 0 Å². The van der Waals surface area contributed by atoms with Gasteiger partial charge in [-0.05, 0) is 18.2 Å². The molecule has 0 aliphatic carbocycles. The molecule has 0 spiro atoms. The SMILES string of the molecule is C.C1=CC=CNC=C1.N.c1ccc2[nH]ncc2c1. The van der Waals surface area contributed by atoms with Crippen molar-refractivity contribution in [1.82, 2.24) is 21.7 Å². The molecule has 0 saturated heterocycles. The molecule has 2 heterocycles. The average Bonchev–Trinajstić information content (AvgIpc) is 2.61. The predicted molar refractivity (Wildman–Crippen MR) is 78.4 cm³/mol. The van der Waals surface area contributed by atoms with E-state index in [1.165, 1.54) is 0 Å². The van der Waals surface area contributed by atoms with Gasteiger partial charge in [0.1, 0.15) is 0 Å². The van der Waals surface area contributed by atoms with Gasteiger partial charge in [0.15, 0.2) is 0 Å². The fourth-order valence-corrected chi connectivity index (χ4v) is 1.29. The second-order valence-electron chi connectivity index (χ2n) is 3.23. The van der Waals surface area contributed by atoms with E-state index in [0.717, 1.165) is 10.9 Å². The van der Waals surface area contributed by atoms with Crippen molar-refractivity contribution in [3.05, 3.63) is 67.2 Å². The van der Waals surface area contributed by atoms with Crippen molar-refractivity contribution in [2.24, 2.45) is 0 Å². The maximum Gasteiger partial charge on any atom is 0.0650 e. The molecule has 96 valence electrons. The molecule has 4 nitrogen and oxygen atoms in total. The zero-order valence-electron chi connectivity index (χ0n) is 9.51. The summed E-state index contributed by atoms with van der Waals surface area (Å²) >= 11 is 0. The Hall–Kier alpha value is -2.33. The molecular formula is C14H20N4. The monoisotopic (exact) mass is 244 g/mol. The van der Waals surface area contributed by atoms with Gasteiger partial charge in [-0.1, -0.05) is 37.8 Å². The van der Waals surface area contributed by atoms with Gasteiger partial charge in [0.2, 0.25) is 0 Å². The van der Waals surface area contributed by atoms with E-state index in [4.69, 9.17) is 0 Å². The maximum atomic E-state index is 3.88. The van der Waals surface area contributed by atoms with Crippen LogP contribution in [0.3, 0.4) is 0 Å². The summed E-state index contributed by atoms with van der Waals surface area (Å²) in [5.74, 6) is 0. The lowest BCUT2D eigenvalue weighted by Crippen LogP contribution is -1.87. The highest BCUT2D eigenvalue weighted by atomic mass is 15.1. The molecule has 1 aromatic carbocycles. The van der Waals surface area contributed by atoms with Gasteiger partial charge in [-0.2, -0.15) is 5.10 Å². The largest absolute Gasteiger partial charge is 0.368 e. The first-order valence-electron chi connectivity index (χ1n) is 5.09. The molecule has 0 radical (unpaired) electrons. The highest BCUT2D eigenvalue weighted by molar-refractivity contribution is 5.77. The summed E-state index contributed by atoms with van der Waals surface area (Å²) in [6, 6.07) is 8.01. The minimum Gasteiger partial charge on any atom is -0.368 e. The predicted octanol–water partition coefficient (Wildman–Crippen LogP) is 3.53. The Morgan fingerprint density at radius 1 is 0.889 bits per heavy atom. The number of allylic oxidation sites excluding steroid dienone is 4. The number of aromatic amines is 1. The van der Waals surface area contributed by atoms with Crippen LogP contribution in [-0.2, 0) is 0 Å². The van der Waals surface area contributed by atoms with Crippen LogP contribution in [0.4, 0.5) is 0 Å². The van der Waals surface area contributed by atoms with Crippen LogP contribution >= 0.6 is 0 Å². The summed E-state index contributed by atoms with van der Waals surface area (Å²) in [6.45, 7) is 0. The van der Waals surface area contributed by atoms with Gasteiger partial charge in [0.25, 0.3) is 0 Å². The van der Waals surface area contributed by atoms with Crippen LogP contribution in [-0.4, -0.2) is 10.2 Å². The molecule has 18 heavy (non-hydrogen) atoms. The normalized spacial score (nSPS) is 11.3.